The molecule has 11 heavy (non-hydrogen) atoms. The Morgan fingerprint density at radius 3 is 2.18 bits per heavy atom. The highest BCUT2D eigenvalue weighted by atomic mass is 35.5. The smallest absolute Gasteiger partial charge is 0.127 e. The van der Waals surface area contributed by atoms with Crippen LogP contribution < -0.4 is 16.6 Å². The van der Waals surface area contributed by atoms with E-state index in [1.54, 1.807) is 0 Å². The topological polar surface area (TPSA) is 50.1 Å². The molecule has 64 valence electrons. The van der Waals surface area contributed by atoms with Gasteiger partial charge in [-0.3, -0.25) is 0 Å². The van der Waals surface area contributed by atoms with E-state index >= 15 is 0 Å². The first-order chi connectivity index (χ1) is 4.93. The third kappa shape index (κ3) is 1.60. The molecule has 1 atom stereocenters. The van der Waals surface area contributed by atoms with Crippen molar-refractivity contribution >= 4 is 11.6 Å². The van der Waals surface area contributed by atoms with E-state index in [0.717, 1.165) is 0 Å². The van der Waals surface area contributed by atoms with E-state index < -0.39 is 0 Å². The highest BCUT2D eigenvalue weighted by molar-refractivity contribution is 6.30. The fraction of sp³-hybridized carbons (Fsp3) is 0.714. The van der Waals surface area contributed by atoms with E-state index in [-0.39, 0.29) is 11.5 Å². The maximum atomic E-state index is 5.94. The summed E-state index contributed by atoms with van der Waals surface area (Å²) in [7, 11) is 0. The van der Waals surface area contributed by atoms with Crippen molar-refractivity contribution in [1.82, 2.24) is 10.9 Å². The second-order valence-corrected chi connectivity index (χ2v) is 4.24. The van der Waals surface area contributed by atoms with Gasteiger partial charge in [0, 0.05) is 0 Å². The summed E-state index contributed by atoms with van der Waals surface area (Å²) in [6, 6.07) is 0.115. The van der Waals surface area contributed by atoms with Gasteiger partial charge in [-0.25, -0.2) is 5.43 Å². The zero-order valence-electron chi connectivity index (χ0n) is 7.03. The van der Waals surface area contributed by atoms with Crippen LogP contribution in [0.15, 0.2) is 10.9 Å². The molecule has 1 unspecified atom stereocenters. The molecule has 0 saturated carbocycles. The maximum Gasteiger partial charge on any atom is 0.127 e. The van der Waals surface area contributed by atoms with Crippen molar-refractivity contribution in [1.29, 1.82) is 0 Å². The third-order valence-corrected chi connectivity index (χ3v) is 2.15. The number of nitrogens with two attached hydrogens (primary N) is 1. The minimum absolute atomic E-state index is 0.0885. The molecular weight excluding hydrogens is 162 g/mol. The quantitative estimate of drug-likeness (QED) is 0.512. The normalized spacial score (nSPS) is 25.6. The van der Waals surface area contributed by atoms with Gasteiger partial charge >= 0.3 is 0 Å². The van der Waals surface area contributed by atoms with E-state index in [0.29, 0.717) is 10.9 Å². The molecule has 0 spiro atoms. The van der Waals surface area contributed by atoms with Crippen molar-refractivity contribution in [3.05, 3.63) is 10.9 Å². The minimum Gasteiger partial charge on any atom is -0.383 e. The van der Waals surface area contributed by atoms with Crippen molar-refractivity contribution < 1.29 is 0 Å². The Morgan fingerprint density at radius 2 is 2.00 bits per heavy atom. The van der Waals surface area contributed by atoms with E-state index in [1.807, 2.05) is 0 Å². The van der Waals surface area contributed by atoms with Crippen molar-refractivity contribution in [2.24, 2.45) is 11.1 Å². The number of halogens is 1. The second-order valence-electron chi connectivity index (χ2n) is 3.83. The Bertz CT molecular complexity index is 192. The monoisotopic (exact) mass is 175 g/mol. The average Bonchev–Trinajstić information content (AvgIpc) is 2.11. The van der Waals surface area contributed by atoms with Crippen LogP contribution in [-0.2, 0) is 0 Å². The van der Waals surface area contributed by atoms with Gasteiger partial charge in [0.25, 0.3) is 0 Å². The van der Waals surface area contributed by atoms with Crippen LogP contribution in [0.5, 0.6) is 0 Å². The van der Waals surface area contributed by atoms with Gasteiger partial charge < -0.3 is 11.2 Å². The summed E-state index contributed by atoms with van der Waals surface area (Å²) in [5.74, 6) is 0.534. The Kier molecular flexibility index (Phi) is 2.03. The van der Waals surface area contributed by atoms with Gasteiger partial charge in [-0.05, 0) is 5.41 Å². The van der Waals surface area contributed by atoms with Crippen LogP contribution in [0.2, 0.25) is 0 Å². The number of rotatable bonds is 0. The van der Waals surface area contributed by atoms with E-state index in [9.17, 15) is 0 Å². The Hall–Kier alpha value is -0.410. The zero-order valence-corrected chi connectivity index (χ0v) is 7.79. The highest BCUT2D eigenvalue weighted by Crippen LogP contribution is 2.29. The predicted octanol–water partition coefficient (Wildman–Crippen LogP) is 0.876. The molecule has 1 rings (SSSR count). The lowest BCUT2D eigenvalue weighted by atomic mass is 9.87. The van der Waals surface area contributed by atoms with Gasteiger partial charge in [0.15, 0.2) is 0 Å². The van der Waals surface area contributed by atoms with Crippen LogP contribution in [-0.4, -0.2) is 6.04 Å². The molecule has 4 heteroatoms. The molecule has 1 aliphatic heterocycles. The summed E-state index contributed by atoms with van der Waals surface area (Å²) in [5, 5.41) is 0.678. The van der Waals surface area contributed by atoms with Gasteiger partial charge in [-0.15, -0.1) is 0 Å². The lowest BCUT2D eigenvalue weighted by Crippen LogP contribution is -2.41. The summed E-state index contributed by atoms with van der Waals surface area (Å²) in [4.78, 5) is 0. The fourth-order valence-electron chi connectivity index (χ4n) is 1.03. The third-order valence-electron chi connectivity index (χ3n) is 1.73. The number of nitrogens with one attached hydrogen (secondary N) is 2. The first-order valence-electron chi connectivity index (χ1n) is 3.59. The summed E-state index contributed by atoms with van der Waals surface area (Å²) < 4.78 is 0. The molecule has 3 nitrogen and oxygen atoms in total. The van der Waals surface area contributed by atoms with Gasteiger partial charge in [0.2, 0.25) is 0 Å². The number of hydrazine groups is 1. The molecule has 0 aromatic heterocycles. The zero-order chi connectivity index (χ0) is 8.65. The van der Waals surface area contributed by atoms with Gasteiger partial charge in [0.1, 0.15) is 5.82 Å². The molecular formula is C7H14ClN3. The molecule has 0 fully saturated rings. The molecule has 0 bridgehead atoms. The summed E-state index contributed by atoms with van der Waals surface area (Å²) in [6.45, 7) is 6.31. The Labute approximate surface area is 71.9 Å². The lowest BCUT2D eigenvalue weighted by molar-refractivity contribution is 0.310. The van der Waals surface area contributed by atoms with Crippen molar-refractivity contribution in [2.75, 3.05) is 0 Å². The maximum absolute atomic E-state index is 5.94. The molecule has 0 amide bonds. The minimum atomic E-state index is 0.0885. The van der Waals surface area contributed by atoms with Crippen LogP contribution in [0.3, 0.4) is 0 Å². The standard InChI is InChI=1S/C7H14ClN3/c1-7(2,3)5-4(8)6(9)11-10-5/h5,10-11H,9H2,1-3H3. The Balaban J connectivity index is 2.79. The number of hydrogen-bond donors (Lipinski definition) is 3. The van der Waals surface area contributed by atoms with Crippen LogP contribution >= 0.6 is 11.6 Å². The second kappa shape index (κ2) is 2.57. The fourth-order valence-corrected chi connectivity index (χ4v) is 1.45. The van der Waals surface area contributed by atoms with Gasteiger partial charge in [-0.2, -0.15) is 0 Å². The first-order valence-corrected chi connectivity index (χ1v) is 3.97. The van der Waals surface area contributed by atoms with E-state index in [1.165, 1.54) is 0 Å². The molecule has 1 heterocycles. The molecule has 0 aromatic rings. The molecule has 1 aliphatic rings. The van der Waals surface area contributed by atoms with Gasteiger partial charge in [-0.1, -0.05) is 32.4 Å². The summed E-state index contributed by atoms with van der Waals surface area (Å²) >= 11 is 5.94. The van der Waals surface area contributed by atoms with E-state index in [4.69, 9.17) is 17.3 Å². The largest absolute Gasteiger partial charge is 0.383 e. The molecule has 0 saturated heterocycles. The van der Waals surface area contributed by atoms with Gasteiger partial charge in [0.05, 0.1) is 11.1 Å². The van der Waals surface area contributed by atoms with Crippen LogP contribution in [0.25, 0.3) is 0 Å². The first kappa shape index (κ1) is 8.68. The van der Waals surface area contributed by atoms with Crippen LogP contribution in [0.4, 0.5) is 0 Å². The molecule has 4 N–H and O–H groups in total. The Morgan fingerprint density at radius 1 is 1.45 bits per heavy atom. The molecule has 0 aliphatic carbocycles. The average molecular weight is 176 g/mol. The van der Waals surface area contributed by atoms with Crippen molar-refractivity contribution in [3.8, 4) is 0 Å². The van der Waals surface area contributed by atoms with Crippen LogP contribution in [0, 0.1) is 5.41 Å². The summed E-state index contributed by atoms with van der Waals surface area (Å²) in [6.07, 6.45) is 0. The van der Waals surface area contributed by atoms with E-state index in [2.05, 4.69) is 31.6 Å². The summed E-state index contributed by atoms with van der Waals surface area (Å²) in [5.41, 5.74) is 11.4. The molecule has 0 radical (unpaired) electrons. The van der Waals surface area contributed by atoms with Crippen molar-refractivity contribution in [2.45, 2.75) is 26.8 Å². The van der Waals surface area contributed by atoms with Crippen LogP contribution in [0.1, 0.15) is 20.8 Å². The highest BCUT2D eigenvalue weighted by Gasteiger charge is 2.32. The molecule has 0 aromatic carbocycles. The SMILES string of the molecule is CC(C)(C)C1NNC(N)=C1Cl. The van der Waals surface area contributed by atoms with Crippen molar-refractivity contribution in [3.63, 3.8) is 0 Å². The lowest BCUT2D eigenvalue weighted by Gasteiger charge is -2.26. The number of hydrogen-bond acceptors (Lipinski definition) is 3. The predicted molar refractivity (Wildman–Crippen MR) is 46.6 cm³/mol.